The quantitative estimate of drug-likeness (QED) is 0.438. The molecule has 0 unspecified atom stereocenters. The second-order valence-corrected chi connectivity index (χ2v) is 8.04. The van der Waals surface area contributed by atoms with Crippen LogP contribution in [0.25, 0.3) is 11.3 Å². The second kappa shape index (κ2) is 11.6. The van der Waals surface area contributed by atoms with Crippen molar-refractivity contribution in [3.63, 3.8) is 0 Å². The SMILES string of the molecule is COCCOc1ccc2cc1CN(C)CC=CCCOc1cc(F)cc(c1)-c1ccnc(n1)N2. The fourth-order valence-corrected chi connectivity index (χ4v) is 3.63. The first-order chi connectivity index (χ1) is 16.6. The molecule has 2 aromatic carbocycles. The largest absolute Gasteiger partial charge is 0.493 e. The number of ether oxygens (including phenoxy) is 3. The molecule has 0 amide bonds. The minimum Gasteiger partial charge on any atom is -0.493 e. The summed E-state index contributed by atoms with van der Waals surface area (Å²) in [5.41, 5.74) is 3.09. The summed E-state index contributed by atoms with van der Waals surface area (Å²) in [6, 6.07) is 12.3. The van der Waals surface area contributed by atoms with E-state index in [9.17, 15) is 4.39 Å². The molecular formula is C26H29FN4O3. The number of fused-ring (bicyclic) bond motifs is 7. The third-order valence-electron chi connectivity index (χ3n) is 5.26. The number of hydrogen-bond donors (Lipinski definition) is 1. The summed E-state index contributed by atoms with van der Waals surface area (Å²) in [5, 5.41) is 3.26. The van der Waals surface area contributed by atoms with Gasteiger partial charge in [-0.05, 0) is 49.9 Å². The van der Waals surface area contributed by atoms with Crippen molar-refractivity contribution >= 4 is 11.6 Å². The van der Waals surface area contributed by atoms with Crippen molar-refractivity contribution in [2.24, 2.45) is 0 Å². The summed E-state index contributed by atoms with van der Waals surface area (Å²) >= 11 is 0. The van der Waals surface area contributed by atoms with Gasteiger partial charge in [0, 0.05) is 49.3 Å². The summed E-state index contributed by atoms with van der Waals surface area (Å²) in [6.45, 7) is 2.91. The number of nitrogens with one attached hydrogen (secondary N) is 1. The van der Waals surface area contributed by atoms with Crippen LogP contribution in [-0.2, 0) is 11.3 Å². The van der Waals surface area contributed by atoms with Gasteiger partial charge < -0.3 is 19.5 Å². The number of nitrogens with zero attached hydrogens (tertiary/aromatic N) is 3. The molecule has 1 aliphatic heterocycles. The molecule has 1 N–H and O–H groups in total. The lowest BCUT2D eigenvalue weighted by atomic mass is 10.1. The van der Waals surface area contributed by atoms with Crippen molar-refractivity contribution in [1.29, 1.82) is 0 Å². The molecule has 4 rings (SSSR count). The first kappa shape index (κ1) is 23.7. The summed E-state index contributed by atoms with van der Waals surface area (Å²) in [5.74, 6) is 1.33. The molecule has 0 spiro atoms. The van der Waals surface area contributed by atoms with Gasteiger partial charge in [0.1, 0.15) is 23.9 Å². The lowest BCUT2D eigenvalue weighted by molar-refractivity contribution is 0.145. The Morgan fingerprint density at radius 3 is 2.91 bits per heavy atom. The van der Waals surface area contributed by atoms with E-state index in [-0.39, 0.29) is 5.82 Å². The lowest BCUT2D eigenvalue weighted by Crippen LogP contribution is -2.19. The van der Waals surface area contributed by atoms with E-state index in [1.54, 1.807) is 25.4 Å². The number of anilines is 2. The van der Waals surface area contributed by atoms with E-state index in [1.165, 1.54) is 12.1 Å². The average Bonchev–Trinajstić information content (AvgIpc) is 2.82. The van der Waals surface area contributed by atoms with Gasteiger partial charge in [0.2, 0.25) is 5.95 Å². The summed E-state index contributed by atoms with van der Waals surface area (Å²) in [6.07, 6.45) is 6.55. The Balaban J connectivity index is 1.68. The Labute approximate surface area is 199 Å². The Morgan fingerprint density at radius 2 is 2.03 bits per heavy atom. The molecule has 3 aromatic rings. The van der Waals surface area contributed by atoms with Crippen LogP contribution >= 0.6 is 0 Å². The molecule has 34 heavy (non-hydrogen) atoms. The van der Waals surface area contributed by atoms with Crippen molar-refractivity contribution in [3.05, 3.63) is 72.2 Å². The number of rotatable bonds is 4. The molecule has 0 aliphatic carbocycles. The Kier molecular flexibility index (Phi) is 8.06. The molecule has 8 heteroatoms. The van der Waals surface area contributed by atoms with Gasteiger partial charge >= 0.3 is 0 Å². The molecule has 1 aromatic heterocycles. The van der Waals surface area contributed by atoms with Crippen LogP contribution in [0.3, 0.4) is 0 Å². The number of halogens is 1. The van der Waals surface area contributed by atoms with E-state index < -0.39 is 0 Å². The molecule has 178 valence electrons. The zero-order valence-electron chi connectivity index (χ0n) is 19.5. The van der Waals surface area contributed by atoms with Crippen LogP contribution in [-0.4, -0.2) is 55.4 Å². The second-order valence-electron chi connectivity index (χ2n) is 8.04. The molecule has 0 atom stereocenters. The van der Waals surface area contributed by atoms with Crippen LogP contribution in [0, 0.1) is 5.82 Å². The van der Waals surface area contributed by atoms with Crippen LogP contribution in [0.5, 0.6) is 11.5 Å². The van der Waals surface area contributed by atoms with Gasteiger partial charge in [-0.1, -0.05) is 12.2 Å². The van der Waals surface area contributed by atoms with Crippen molar-refractivity contribution in [2.45, 2.75) is 13.0 Å². The molecule has 2 heterocycles. The summed E-state index contributed by atoms with van der Waals surface area (Å²) in [7, 11) is 3.71. The maximum absolute atomic E-state index is 14.3. The van der Waals surface area contributed by atoms with Crippen LogP contribution in [0.2, 0.25) is 0 Å². The molecule has 0 saturated heterocycles. The van der Waals surface area contributed by atoms with Gasteiger partial charge in [-0.3, -0.25) is 4.90 Å². The lowest BCUT2D eigenvalue weighted by Gasteiger charge is -2.19. The Hall–Kier alpha value is -3.49. The van der Waals surface area contributed by atoms with Crippen LogP contribution in [0.4, 0.5) is 16.0 Å². The van der Waals surface area contributed by atoms with Gasteiger partial charge in [0.05, 0.1) is 18.9 Å². The predicted octanol–water partition coefficient (Wildman–Crippen LogP) is 4.82. The first-order valence-electron chi connectivity index (χ1n) is 11.2. The smallest absolute Gasteiger partial charge is 0.227 e. The number of methoxy groups -OCH3 is 1. The summed E-state index contributed by atoms with van der Waals surface area (Å²) < 4.78 is 31.1. The molecule has 0 radical (unpaired) electrons. The van der Waals surface area contributed by atoms with E-state index in [2.05, 4.69) is 39.4 Å². The Bertz CT molecular complexity index is 1140. The van der Waals surface area contributed by atoms with Gasteiger partial charge in [0.25, 0.3) is 0 Å². The minimum absolute atomic E-state index is 0.374. The van der Waals surface area contributed by atoms with Gasteiger partial charge in [0.15, 0.2) is 0 Å². The molecule has 0 fully saturated rings. The number of benzene rings is 2. The Morgan fingerprint density at radius 1 is 1.12 bits per heavy atom. The third-order valence-corrected chi connectivity index (χ3v) is 5.26. The van der Waals surface area contributed by atoms with Crippen molar-refractivity contribution < 1.29 is 18.6 Å². The van der Waals surface area contributed by atoms with Crippen molar-refractivity contribution in [1.82, 2.24) is 14.9 Å². The van der Waals surface area contributed by atoms with Crippen molar-refractivity contribution in [3.8, 4) is 22.8 Å². The zero-order valence-corrected chi connectivity index (χ0v) is 19.5. The van der Waals surface area contributed by atoms with E-state index >= 15 is 0 Å². The zero-order chi connectivity index (χ0) is 23.8. The highest BCUT2D eigenvalue weighted by molar-refractivity contribution is 5.64. The maximum atomic E-state index is 14.3. The standard InChI is InChI=1S/C26H29FN4O3/c1-31-10-4-3-5-11-33-23-16-19(14-21(27)17-23)24-8-9-28-26(30-24)29-22-6-7-25(20(15-22)18-31)34-13-12-32-2/h3-4,6-9,14-17H,5,10-13,18H2,1-2H3,(H,28,29,30). The first-order valence-corrected chi connectivity index (χ1v) is 11.2. The third kappa shape index (κ3) is 6.52. The van der Waals surface area contributed by atoms with E-state index in [1.807, 2.05) is 18.2 Å². The van der Waals surface area contributed by atoms with Crippen LogP contribution in [0.15, 0.2) is 60.8 Å². The van der Waals surface area contributed by atoms with Crippen LogP contribution < -0.4 is 14.8 Å². The molecule has 0 saturated carbocycles. The molecule has 6 bridgehead atoms. The predicted molar refractivity (Wildman–Crippen MR) is 130 cm³/mol. The number of hydrogen-bond acceptors (Lipinski definition) is 7. The topological polar surface area (TPSA) is 68.7 Å². The minimum atomic E-state index is -0.374. The van der Waals surface area contributed by atoms with E-state index in [0.717, 1.165) is 30.0 Å². The number of aromatic nitrogens is 2. The normalized spacial score (nSPS) is 14.4. The highest BCUT2D eigenvalue weighted by Gasteiger charge is 2.11. The molecular weight excluding hydrogens is 435 g/mol. The fourth-order valence-electron chi connectivity index (χ4n) is 3.63. The highest BCUT2D eigenvalue weighted by atomic mass is 19.1. The van der Waals surface area contributed by atoms with Crippen molar-refractivity contribution in [2.75, 3.05) is 45.8 Å². The van der Waals surface area contributed by atoms with Crippen LogP contribution in [0.1, 0.15) is 12.0 Å². The monoisotopic (exact) mass is 464 g/mol. The van der Waals surface area contributed by atoms with Gasteiger partial charge in [-0.2, -0.15) is 0 Å². The number of likely N-dealkylation sites (N-methyl/N-ethyl adjacent to an activating group) is 1. The van der Waals surface area contributed by atoms with Gasteiger partial charge in [-0.25, -0.2) is 14.4 Å². The highest BCUT2D eigenvalue weighted by Crippen LogP contribution is 2.28. The van der Waals surface area contributed by atoms with E-state index in [0.29, 0.717) is 49.3 Å². The molecule has 1 aliphatic rings. The maximum Gasteiger partial charge on any atom is 0.227 e. The molecule has 7 nitrogen and oxygen atoms in total. The summed E-state index contributed by atoms with van der Waals surface area (Å²) in [4.78, 5) is 11.1. The fraction of sp³-hybridized carbons (Fsp3) is 0.308. The van der Waals surface area contributed by atoms with E-state index in [4.69, 9.17) is 14.2 Å². The van der Waals surface area contributed by atoms with Gasteiger partial charge in [-0.15, -0.1) is 0 Å². The average molecular weight is 465 g/mol.